The van der Waals surface area contributed by atoms with Gasteiger partial charge in [0.15, 0.2) is 5.13 Å². The number of nitrogens with one attached hydrogen (secondary N) is 1. The molecule has 0 spiro atoms. The van der Waals surface area contributed by atoms with Crippen molar-refractivity contribution >= 4 is 39.1 Å². The molecule has 1 atom stereocenters. The van der Waals surface area contributed by atoms with Crippen molar-refractivity contribution in [2.75, 3.05) is 25.0 Å². The Kier molecular flexibility index (Phi) is 5.83. The van der Waals surface area contributed by atoms with Crippen molar-refractivity contribution in [2.45, 2.75) is 26.0 Å². The molecule has 8 nitrogen and oxygen atoms in total. The Bertz CT molecular complexity index is 1240. The number of hydrogen-bond donors (Lipinski definition) is 1. The monoisotopic (exact) mass is 448 g/mol. The highest BCUT2D eigenvalue weighted by atomic mass is 32.1. The summed E-state index contributed by atoms with van der Waals surface area (Å²) in [5, 5.41) is 11.5. The highest BCUT2D eigenvalue weighted by Crippen LogP contribution is 2.25. The SMILES string of the molecule is Cc1csc(Nc2cccc(C3CN(C(=O)CCn4ncc5ccccc54)CCO3)n2)n1. The number of carbonyl (C=O) groups excluding carboxylic acids is 1. The van der Waals surface area contributed by atoms with Crippen molar-refractivity contribution in [1.29, 1.82) is 0 Å². The molecular formula is C23H24N6O2S. The summed E-state index contributed by atoms with van der Waals surface area (Å²) in [5.74, 6) is 0.819. The van der Waals surface area contributed by atoms with E-state index in [-0.39, 0.29) is 12.0 Å². The molecule has 1 unspecified atom stereocenters. The average Bonchev–Trinajstić information content (AvgIpc) is 3.43. The van der Waals surface area contributed by atoms with Crippen LogP contribution in [0.5, 0.6) is 0 Å². The minimum Gasteiger partial charge on any atom is -0.368 e. The van der Waals surface area contributed by atoms with Gasteiger partial charge in [0.05, 0.1) is 42.8 Å². The molecule has 1 saturated heterocycles. The maximum absolute atomic E-state index is 12.9. The van der Waals surface area contributed by atoms with E-state index in [0.717, 1.165) is 33.2 Å². The van der Waals surface area contributed by atoms with Crippen LogP contribution in [0, 0.1) is 6.92 Å². The number of fused-ring (bicyclic) bond motifs is 1. The number of anilines is 2. The molecule has 32 heavy (non-hydrogen) atoms. The van der Waals surface area contributed by atoms with E-state index < -0.39 is 0 Å². The lowest BCUT2D eigenvalue weighted by atomic mass is 10.1. The number of nitrogens with zero attached hydrogens (tertiary/aromatic N) is 5. The fourth-order valence-electron chi connectivity index (χ4n) is 3.84. The molecule has 0 bridgehead atoms. The Morgan fingerprint density at radius 1 is 1.22 bits per heavy atom. The van der Waals surface area contributed by atoms with Gasteiger partial charge in [-0.15, -0.1) is 11.3 Å². The van der Waals surface area contributed by atoms with Crippen LogP contribution in [0.2, 0.25) is 0 Å². The van der Waals surface area contributed by atoms with Gasteiger partial charge in [-0.2, -0.15) is 5.10 Å². The molecule has 1 aliphatic rings. The van der Waals surface area contributed by atoms with Crippen LogP contribution in [0.15, 0.2) is 54.0 Å². The van der Waals surface area contributed by atoms with Crippen LogP contribution in [-0.2, 0) is 16.1 Å². The standard InChI is InChI=1S/C23H24N6O2S/c1-16-15-32-23(25-16)27-21-8-4-6-18(26-21)20-14-28(11-12-31-20)22(30)9-10-29-19-7-3-2-5-17(19)13-24-29/h2-8,13,15,20H,9-12,14H2,1H3,(H,25,26,27). The van der Waals surface area contributed by atoms with Crippen LogP contribution >= 0.6 is 11.3 Å². The zero-order valence-electron chi connectivity index (χ0n) is 17.8. The van der Waals surface area contributed by atoms with Gasteiger partial charge in [0, 0.05) is 23.7 Å². The summed E-state index contributed by atoms with van der Waals surface area (Å²) in [4.78, 5) is 23.9. The largest absolute Gasteiger partial charge is 0.368 e. The summed E-state index contributed by atoms with van der Waals surface area (Å²) >= 11 is 1.54. The van der Waals surface area contributed by atoms with E-state index in [0.29, 0.717) is 32.7 Å². The summed E-state index contributed by atoms with van der Waals surface area (Å²) in [6, 6.07) is 13.8. The number of hydrogen-bond acceptors (Lipinski definition) is 7. The number of carbonyl (C=O) groups is 1. The second kappa shape index (κ2) is 9.05. The topological polar surface area (TPSA) is 85.2 Å². The lowest BCUT2D eigenvalue weighted by Crippen LogP contribution is -2.42. The fraction of sp³-hybridized carbons (Fsp3) is 0.304. The number of rotatable bonds is 6. The lowest BCUT2D eigenvalue weighted by molar-refractivity contribution is -0.139. The van der Waals surface area contributed by atoms with Crippen LogP contribution in [0.3, 0.4) is 0 Å². The van der Waals surface area contributed by atoms with Gasteiger partial charge in [-0.05, 0) is 25.1 Å². The predicted octanol–water partition coefficient (Wildman–Crippen LogP) is 3.93. The van der Waals surface area contributed by atoms with Crippen LogP contribution in [0.1, 0.15) is 23.9 Å². The first kappa shape index (κ1) is 20.6. The van der Waals surface area contributed by atoms with E-state index in [2.05, 4.69) is 15.4 Å². The Morgan fingerprint density at radius 3 is 3.00 bits per heavy atom. The summed E-state index contributed by atoms with van der Waals surface area (Å²) in [6.45, 7) is 4.09. The molecular weight excluding hydrogens is 424 g/mol. The van der Waals surface area contributed by atoms with E-state index in [9.17, 15) is 4.79 Å². The number of aromatic nitrogens is 4. The summed E-state index contributed by atoms with van der Waals surface area (Å²) in [7, 11) is 0. The van der Waals surface area contributed by atoms with Crippen LogP contribution in [-0.4, -0.2) is 50.3 Å². The third-order valence-electron chi connectivity index (χ3n) is 5.46. The van der Waals surface area contributed by atoms with Crippen molar-refractivity contribution in [3.8, 4) is 0 Å². The number of para-hydroxylation sites is 1. The smallest absolute Gasteiger partial charge is 0.224 e. The first-order valence-corrected chi connectivity index (χ1v) is 11.5. The number of morpholine rings is 1. The lowest BCUT2D eigenvalue weighted by Gasteiger charge is -2.33. The van der Waals surface area contributed by atoms with Crippen LogP contribution < -0.4 is 5.32 Å². The van der Waals surface area contributed by atoms with Gasteiger partial charge in [0.2, 0.25) is 5.91 Å². The third-order valence-corrected chi connectivity index (χ3v) is 6.34. The van der Waals surface area contributed by atoms with Gasteiger partial charge in [-0.25, -0.2) is 9.97 Å². The zero-order chi connectivity index (χ0) is 21.9. The molecule has 0 saturated carbocycles. The number of aryl methyl sites for hydroxylation is 2. The molecule has 1 aromatic carbocycles. The Morgan fingerprint density at radius 2 is 2.12 bits per heavy atom. The van der Waals surface area contributed by atoms with Gasteiger partial charge < -0.3 is 15.0 Å². The normalized spacial score (nSPS) is 16.4. The van der Waals surface area contributed by atoms with E-state index >= 15 is 0 Å². The van der Waals surface area contributed by atoms with Gasteiger partial charge in [0.1, 0.15) is 11.9 Å². The fourth-order valence-corrected chi connectivity index (χ4v) is 4.53. The molecule has 1 N–H and O–H groups in total. The number of pyridine rings is 1. The molecule has 3 aromatic heterocycles. The first-order chi connectivity index (χ1) is 15.7. The molecule has 4 heterocycles. The highest BCUT2D eigenvalue weighted by Gasteiger charge is 2.26. The Labute approximate surface area is 189 Å². The maximum Gasteiger partial charge on any atom is 0.224 e. The van der Waals surface area contributed by atoms with Crippen molar-refractivity contribution in [1.82, 2.24) is 24.6 Å². The minimum absolute atomic E-state index is 0.102. The zero-order valence-corrected chi connectivity index (χ0v) is 18.6. The van der Waals surface area contributed by atoms with E-state index in [4.69, 9.17) is 9.72 Å². The number of benzene rings is 1. The van der Waals surface area contributed by atoms with Crippen LogP contribution in [0.4, 0.5) is 10.9 Å². The van der Waals surface area contributed by atoms with Gasteiger partial charge in [-0.3, -0.25) is 9.48 Å². The van der Waals surface area contributed by atoms with Crippen molar-refractivity contribution in [3.05, 3.63) is 65.4 Å². The predicted molar refractivity (Wildman–Crippen MR) is 124 cm³/mol. The highest BCUT2D eigenvalue weighted by molar-refractivity contribution is 7.13. The second-order valence-corrected chi connectivity index (χ2v) is 8.60. The van der Waals surface area contributed by atoms with Gasteiger partial charge in [-0.1, -0.05) is 24.3 Å². The third kappa shape index (κ3) is 4.49. The van der Waals surface area contributed by atoms with E-state index in [1.165, 1.54) is 0 Å². The first-order valence-electron chi connectivity index (χ1n) is 10.6. The van der Waals surface area contributed by atoms with Gasteiger partial charge in [0.25, 0.3) is 0 Å². The Balaban J connectivity index is 1.22. The Hall–Kier alpha value is -3.30. The quantitative estimate of drug-likeness (QED) is 0.481. The molecule has 1 fully saturated rings. The van der Waals surface area contributed by atoms with Gasteiger partial charge >= 0.3 is 0 Å². The minimum atomic E-state index is -0.252. The summed E-state index contributed by atoms with van der Waals surface area (Å²) in [6.07, 6.45) is 1.99. The van der Waals surface area contributed by atoms with E-state index in [1.807, 2.05) is 70.5 Å². The summed E-state index contributed by atoms with van der Waals surface area (Å²) in [5.41, 5.74) is 2.82. The molecule has 5 rings (SSSR count). The van der Waals surface area contributed by atoms with Crippen molar-refractivity contribution in [3.63, 3.8) is 0 Å². The molecule has 0 aliphatic carbocycles. The van der Waals surface area contributed by atoms with Crippen LogP contribution in [0.25, 0.3) is 10.9 Å². The average molecular weight is 449 g/mol. The maximum atomic E-state index is 12.9. The summed E-state index contributed by atoms with van der Waals surface area (Å²) < 4.78 is 7.84. The van der Waals surface area contributed by atoms with Crippen molar-refractivity contribution in [2.24, 2.45) is 0 Å². The second-order valence-electron chi connectivity index (χ2n) is 7.74. The molecule has 164 valence electrons. The molecule has 1 aliphatic heterocycles. The van der Waals surface area contributed by atoms with Crippen molar-refractivity contribution < 1.29 is 9.53 Å². The molecule has 4 aromatic rings. The molecule has 0 radical (unpaired) electrons. The molecule has 1 amide bonds. The number of thiazole rings is 1. The molecule has 9 heteroatoms. The number of ether oxygens (including phenoxy) is 1. The number of amides is 1. The van der Waals surface area contributed by atoms with E-state index in [1.54, 1.807) is 11.3 Å².